The zero-order valence-electron chi connectivity index (χ0n) is 18.2. The highest BCUT2D eigenvalue weighted by Gasteiger charge is 2.20. The van der Waals surface area contributed by atoms with Gasteiger partial charge < -0.3 is 19.2 Å². The Morgan fingerprint density at radius 2 is 2.03 bits per heavy atom. The quantitative estimate of drug-likeness (QED) is 0.301. The minimum Gasteiger partial charge on any atom is -0.497 e. The molecule has 0 radical (unpaired) electrons. The minimum absolute atomic E-state index is 0.0298. The summed E-state index contributed by atoms with van der Waals surface area (Å²) in [5, 5.41) is 12.0. The Bertz CT molecular complexity index is 1330. The molecule has 0 unspecified atom stereocenters. The van der Waals surface area contributed by atoms with E-state index in [9.17, 15) is 9.59 Å². The van der Waals surface area contributed by atoms with E-state index in [-0.39, 0.29) is 24.1 Å². The Labute approximate surface area is 199 Å². The summed E-state index contributed by atoms with van der Waals surface area (Å²) in [6.07, 6.45) is 1.61. The number of rotatable bonds is 8. The SMILES string of the molecule is COc1ccc(-c2nnc(SCC(=O)c3ccc4c(c3)NC(=O)CO4)n2Cc2ccco2)cc1. The van der Waals surface area contributed by atoms with Crippen LogP contribution in [0.5, 0.6) is 11.5 Å². The Kier molecular flexibility index (Phi) is 6.05. The van der Waals surface area contributed by atoms with E-state index in [0.29, 0.717) is 34.5 Å². The highest BCUT2D eigenvalue weighted by molar-refractivity contribution is 7.99. The molecule has 0 saturated carbocycles. The summed E-state index contributed by atoms with van der Waals surface area (Å²) in [5.74, 6) is 2.48. The summed E-state index contributed by atoms with van der Waals surface area (Å²) in [6.45, 7) is 0.387. The van der Waals surface area contributed by atoms with Crippen LogP contribution in [0.4, 0.5) is 5.69 Å². The van der Waals surface area contributed by atoms with Gasteiger partial charge in [0.1, 0.15) is 17.3 Å². The number of amides is 1. The van der Waals surface area contributed by atoms with Crippen LogP contribution < -0.4 is 14.8 Å². The lowest BCUT2D eigenvalue weighted by Crippen LogP contribution is -2.25. The largest absolute Gasteiger partial charge is 0.497 e. The van der Waals surface area contributed by atoms with Crippen LogP contribution in [0.3, 0.4) is 0 Å². The first kappa shape index (κ1) is 21.8. The van der Waals surface area contributed by atoms with Crippen LogP contribution in [0.2, 0.25) is 0 Å². The number of nitrogens with one attached hydrogen (secondary N) is 1. The number of aromatic nitrogens is 3. The molecule has 1 N–H and O–H groups in total. The third kappa shape index (κ3) is 4.53. The molecule has 0 aliphatic carbocycles. The van der Waals surface area contributed by atoms with E-state index in [2.05, 4.69) is 15.5 Å². The van der Waals surface area contributed by atoms with Crippen LogP contribution in [0.15, 0.2) is 70.4 Å². The lowest BCUT2D eigenvalue weighted by atomic mass is 10.1. The fourth-order valence-electron chi connectivity index (χ4n) is 3.52. The first-order chi connectivity index (χ1) is 16.6. The molecule has 1 amide bonds. The number of fused-ring (bicyclic) bond motifs is 1. The Hall–Kier alpha value is -4.05. The average Bonchev–Trinajstić information content (AvgIpc) is 3.52. The number of hydrogen-bond acceptors (Lipinski definition) is 8. The highest BCUT2D eigenvalue weighted by atomic mass is 32.2. The monoisotopic (exact) mass is 476 g/mol. The van der Waals surface area contributed by atoms with Gasteiger partial charge in [-0.3, -0.25) is 14.2 Å². The number of carbonyl (C=O) groups excluding carboxylic acids is 2. The topological polar surface area (TPSA) is 108 Å². The number of ketones is 1. The highest BCUT2D eigenvalue weighted by Crippen LogP contribution is 2.30. The molecule has 4 aromatic rings. The molecule has 10 heteroatoms. The van der Waals surface area contributed by atoms with Gasteiger partial charge in [-0.05, 0) is 54.6 Å². The number of anilines is 1. The maximum Gasteiger partial charge on any atom is 0.262 e. The van der Waals surface area contributed by atoms with E-state index in [1.807, 2.05) is 41.0 Å². The zero-order chi connectivity index (χ0) is 23.5. The van der Waals surface area contributed by atoms with Crippen LogP contribution in [0.25, 0.3) is 11.4 Å². The molecule has 0 spiro atoms. The van der Waals surface area contributed by atoms with Gasteiger partial charge in [0.25, 0.3) is 5.91 Å². The van der Waals surface area contributed by atoms with Gasteiger partial charge in [0.05, 0.1) is 31.4 Å². The zero-order valence-corrected chi connectivity index (χ0v) is 19.0. The van der Waals surface area contributed by atoms with Gasteiger partial charge in [0.15, 0.2) is 23.4 Å². The van der Waals surface area contributed by atoms with Crippen LogP contribution >= 0.6 is 11.8 Å². The summed E-state index contributed by atoms with van der Waals surface area (Å²) < 4.78 is 18.0. The first-order valence-corrected chi connectivity index (χ1v) is 11.4. The molecule has 0 bridgehead atoms. The summed E-state index contributed by atoms with van der Waals surface area (Å²) >= 11 is 1.29. The molecule has 1 aliphatic rings. The van der Waals surface area contributed by atoms with Gasteiger partial charge in [-0.2, -0.15) is 0 Å². The molecule has 5 rings (SSSR count). The molecule has 2 aromatic heterocycles. The van der Waals surface area contributed by atoms with Gasteiger partial charge in [-0.25, -0.2) is 0 Å². The van der Waals surface area contributed by atoms with Crippen molar-refractivity contribution in [2.24, 2.45) is 0 Å². The number of ether oxygens (including phenoxy) is 2. The second-order valence-corrected chi connectivity index (χ2v) is 8.40. The molecule has 0 fully saturated rings. The van der Waals surface area contributed by atoms with Crippen molar-refractivity contribution < 1.29 is 23.5 Å². The van der Waals surface area contributed by atoms with E-state index in [1.165, 1.54) is 11.8 Å². The van der Waals surface area contributed by atoms with E-state index in [4.69, 9.17) is 13.9 Å². The lowest BCUT2D eigenvalue weighted by Gasteiger charge is -2.18. The smallest absolute Gasteiger partial charge is 0.262 e. The molecule has 2 aromatic carbocycles. The van der Waals surface area contributed by atoms with Crippen LogP contribution in [-0.2, 0) is 11.3 Å². The predicted octanol–water partition coefficient (Wildman–Crippen LogP) is 3.90. The third-order valence-electron chi connectivity index (χ3n) is 5.23. The van der Waals surface area contributed by atoms with Crippen molar-refractivity contribution in [3.63, 3.8) is 0 Å². The van der Waals surface area contributed by atoms with Gasteiger partial charge in [0, 0.05) is 11.1 Å². The minimum atomic E-state index is -0.247. The molecule has 0 atom stereocenters. The van der Waals surface area contributed by atoms with Crippen molar-refractivity contribution in [3.05, 3.63) is 72.2 Å². The van der Waals surface area contributed by atoms with Crippen molar-refractivity contribution in [1.29, 1.82) is 0 Å². The second-order valence-electron chi connectivity index (χ2n) is 7.46. The molecular formula is C24H20N4O5S. The van der Waals surface area contributed by atoms with Crippen molar-refractivity contribution >= 4 is 29.1 Å². The van der Waals surface area contributed by atoms with Crippen molar-refractivity contribution in [2.45, 2.75) is 11.7 Å². The number of carbonyl (C=O) groups is 2. The number of nitrogens with zero attached hydrogens (tertiary/aromatic N) is 3. The number of thioether (sulfide) groups is 1. The van der Waals surface area contributed by atoms with Crippen molar-refractivity contribution in [1.82, 2.24) is 14.8 Å². The van der Waals surface area contributed by atoms with Gasteiger partial charge in [0.2, 0.25) is 0 Å². The Balaban J connectivity index is 1.37. The number of furan rings is 1. The molecule has 1 aliphatic heterocycles. The first-order valence-electron chi connectivity index (χ1n) is 10.4. The number of hydrogen-bond donors (Lipinski definition) is 1. The number of benzene rings is 2. The fourth-order valence-corrected chi connectivity index (χ4v) is 4.35. The van der Waals surface area contributed by atoms with Crippen LogP contribution in [0.1, 0.15) is 16.1 Å². The summed E-state index contributed by atoms with van der Waals surface area (Å²) in [5.41, 5.74) is 1.84. The standard InChI is InChI=1S/C24H20N4O5S/c1-31-17-7-4-15(5-8-17)23-26-27-24(28(23)12-18-3-2-10-32-18)34-14-20(29)16-6-9-21-19(11-16)25-22(30)13-33-21/h2-11H,12-14H2,1H3,(H,25,30). The van der Waals surface area contributed by atoms with Crippen LogP contribution in [0, 0.1) is 0 Å². The average molecular weight is 477 g/mol. The molecule has 172 valence electrons. The summed E-state index contributed by atoms with van der Waals surface area (Å²) in [4.78, 5) is 24.5. The molecular weight excluding hydrogens is 456 g/mol. The van der Waals surface area contributed by atoms with Gasteiger partial charge in [-0.1, -0.05) is 11.8 Å². The second kappa shape index (κ2) is 9.44. The van der Waals surface area contributed by atoms with E-state index in [1.54, 1.807) is 31.6 Å². The van der Waals surface area contributed by atoms with E-state index >= 15 is 0 Å². The van der Waals surface area contributed by atoms with Crippen molar-refractivity contribution in [3.8, 4) is 22.9 Å². The van der Waals surface area contributed by atoms with E-state index in [0.717, 1.165) is 17.1 Å². The van der Waals surface area contributed by atoms with Crippen molar-refractivity contribution in [2.75, 3.05) is 24.8 Å². The molecule has 34 heavy (non-hydrogen) atoms. The lowest BCUT2D eigenvalue weighted by molar-refractivity contribution is -0.118. The summed E-state index contributed by atoms with van der Waals surface area (Å²) in [7, 11) is 1.61. The number of Topliss-reactive ketones (excluding diaryl/α,β-unsaturated/α-hetero) is 1. The molecule has 0 saturated heterocycles. The van der Waals surface area contributed by atoms with Gasteiger partial charge in [-0.15, -0.1) is 10.2 Å². The third-order valence-corrected chi connectivity index (χ3v) is 6.19. The molecule has 3 heterocycles. The Morgan fingerprint density at radius 1 is 1.18 bits per heavy atom. The maximum absolute atomic E-state index is 12.9. The van der Waals surface area contributed by atoms with E-state index < -0.39 is 0 Å². The van der Waals surface area contributed by atoms with Gasteiger partial charge >= 0.3 is 0 Å². The maximum atomic E-state index is 12.9. The molecule has 9 nitrogen and oxygen atoms in total. The summed E-state index contributed by atoms with van der Waals surface area (Å²) in [6, 6.07) is 16.2. The predicted molar refractivity (Wildman–Crippen MR) is 125 cm³/mol. The fraction of sp³-hybridized carbons (Fsp3) is 0.167. The Morgan fingerprint density at radius 3 is 2.79 bits per heavy atom. The normalized spacial score (nSPS) is 12.6. The van der Waals surface area contributed by atoms with Crippen LogP contribution in [-0.4, -0.2) is 45.9 Å². The number of methoxy groups -OCH3 is 1.